The number of ether oxygens (including phenoxy) is 1. The van der Waals surface area contributed by atoms with Gasteiger partial charge in [-0.2, -0.15) is 0 Å². The molecule has 0 aromatic rings. The Morgan fingerprint density at radius 2 is 2.08 bits per heavy atom. The van der Waals surface area contributed by atoms with E-state index in [0.29, 0.717) is 6.61 Å². The summed E-state index contributed by atoms with van der Waals surface area (Å²) in [6.07, 6.45) is 0.789. The van der Waals surface area contributed by atoms with Crippen LogP contribution in [0, 0.1) is 5.41 Å². The van der Waals surface area contributed by atoms with Crippen LogP contribution in [0.4, 0.5) is 0 Å². The number of rotatable bonds is 4. The first-order valence-corrected chi connectivity index (χ1v) is 4.40. The van der Waals surface area contributed by atoms with Crippen LogP contribution in [0.3, 0.4) is 0 Å². The fourth-order valence-electron chi connectivity index (χ4n) is 0.639. The van der Waals surface area contributed by atoms with Crippen LogP contribution in [0.5, 0.6) is 0 Å². The van der Waals surface area contributed by atoms with Crippen molar-refractivity contribution in [3.63, 3.8) is 0 Å². The first kappa shape index (κ1) is 12.4. The van der Waals surface area contributed by atoms with Crippen molar-refractivity contribution in [3.8, 4) is 0 Å². The van der Waals surface area contributed by atoms with Gasteiger partial charge in [-0.3, -0.25) is 4.79 Å². The highest BCUT2D eigenvalue weighted by molar-refractivity contribution is 5.75. The van der Waals surface area contributed by atoms with Crippen LogP contribution in [-0.4, -0.2) is 30.3 Å². The molecule has 0 fully saturated rings. The van der Waals surface area contributed by atoms with Gasteiger partial charge < -0.3 is 15.6 Å². The lowest BCUT2D eigenvalue weighted by atomic mass is 9.93. The quantitative estimate of drug-likeness (QED) is 0.623. The Hall–Kier alpha value is -0.610. The van der Waals surface area contributed by atoms with Crippen molar-refractivity contribution in [1.29, 1.82) is 0 Å². The van der Waals surface area contributed by atoms with Gasteiger partial charge in [0.25, 0.3) is 0 Å². The molecule has 4 nitrogen and oxygen atoms in total. The third-order valence-electron chi connectivity index (χ3n) is 1.60. The SMILES string of the molecule is CC(C)(C)CCOC(=O)[C@H](N)CO. The molecule has 0 rings (SSSR count). The molecule has 0 aliphatic carbocycles. The summed E-state index contributed by atoms with van der Waals surface area (Å²) in [5.41, 5.74) is 5.38. The Morgan fingerprint density at radius 3 is 2.46 bits per heavy atom. The molecule has 0 aromatic carbocycles. The average molecular weight is 189 g/mol. The van der Waals surface area contributed by atoms with Crippen molar-refractivity contribution < 1.29 is 14.6 Å². The van der Waals surface area contributed by atoms with Gasteiger partial charge in [0.1, 0.15) is 6.04 Å². The molecule has 1 atom stereocenters. The minimum Gasteiger partial charge on any atom is -0.464 e. The molecular weight excluding hydrogens is 170 g/mol. The van der Waals surface area contributed by atoms with E-state index in [-0.39, 0.29) is 12.0 Å². The van der Waals surface area contributed by atoms with E-state index in [9.17, 15) is 4.79 Å². The van der Waals surface area contributed by atoms with Crippen LogP contribution in [0.1, 0.15) is 27.2 Å². The highest BCUT2D eigenvalue weighted by Crippen LogP contribution is 2.17. The maximum Gasteiger partial charge on any atom is 0.325 e. The van der Waals surface area contributed by atoms with Crippen LogP contribution in [0.2, 0.25) is 0 Å². The number of nitrogens with two attached hydrogens (primary N) is 1. The first-order chi connectivity index (χ1) is 5.87. The second-order valence-corrected chi connectivity index (χ2v) is 4.27. The van der Waals surface area contributed by atoms with E-state index in [1.807, 2.05) is 0 Å². The lowest BCUT2D eigenvalue weighted by Gasteiger charge is -2.18. The molecule has 0 aliphatic rings. The summed E-state index contributed by atoms with van der Waals surface area (Å²) in [5, 5.41) is 8.54. The van der Waals surface area contributed by atoms with Crippen LogP contribution >= 0.6 is 0 Å². The van der Waals surface area contributed by atoms with E-state index in [4.69, 9.17) is 15.6 Å². The Morgan fingerprint density at radius 1 is 1.54 bits per heavy atom. The highest BCUT2D eigenvalue weighted by Gasteiger charge is 2.15. The molecule has 0 unspecified atom stereocenters. The Bertz CT molecular complexity index is 163. The Kier molecular flexibility index (Phi) is 4.95. The predicted octanol–water partition coefficient (Wildman–Crippen LogP) is 0.285. The number of aliphatic hydroxyl groups excluding tert-OH is 1. The lowest BCUT2D eigenvalue weighted by Crippen LogP contribution is -2.36. The first-order valence-electron chi connectivity index (χ1n) is 4.40. The van der Waals surface area contributed by atoms with Gasteiger partial charge in [-0.25, -0.2) is 0 Å². The molecule has 78 valence electrons. The second-order valence-electron chi connectivity index (χ2n) is 4.27. The van der Waals surface area contributed by atoms with E-state index < -0.39 is 12.0 Å². The minimum absolute atomic E-state index is 0.142. The zero-order valence-corrected chi connectivity index (χ0v) is 8.54. The number of carbonyl (C=O) groups excluding carboxylic acids is 1. The fourth-order valence-corrected chi connectivity index (χ4v) is 0.639. The largest absolute Gasteiger partial charge is 0.464 e. The molecule has 0 aromatic heterocycles. The van der Waals surface area contributed by atoms with E-state index in [2.05, 4.69) is 20.8 Å². The molecule has 0 saturated heterocycles. The smallest absolute Gasteiger partial charge is 0.325 e. The molecule has 0 heterocycles. The highest BCUT2D eigenvalue weighted by atomic mass is 16.5. The van der Waals surface area contributed by atoms with Gasteiger partial charge in [0.2, 0.25) is 0 Å². The molecule has 0 aliphatic heterocycles. The van der Waals surface area contributed by atoms with Crippen molar-refractivity contribution in [2.45, 2.75) is 33.2 Å². The third kappa shape index (κ3) is 6.54. The minimum atomic E-state index is -0.903. The Labute approximate surface area is 79.1 Å². The predicted molar refractivity (Wildman–Crippen MR) is 50.1 cm³/mol. The number of hydrogen-bond acceptors (Lipinski definition) is 4. The van der Waals surface area contributed by atoms with Gasteiger partial charge in [-0.15, -0.1) is 0 Å². The number of esters is 1. The molecule has 3 N–H and O–H groups in total. The van der Waals surface area contributed by atoms with Crippen molar-refractivity contribution in [2.75, 3.05) is 13.2 Å². The summed E-state index contributed by atoms with van der Waals surface area (Å²) in [6, 6.07) is -0.903. The third-order valence-corrected chi connectivity index (χ3v) is 1.60. The topological polar surface area (TPSA) is 72.5 Å². The number of hydrogen-bond donors (Lipinski definition) is 2. The molecular formula is C9H19NO3. The van der Waals surface area contributed by atoms with Crippen molar-refractivity contribution >= 4 is 5.97 Å². The standard InChI is InChI=1S/C9H19NO3/c1-9(2,3)4-5-13-8(12)7(10)6-11/h7,11H,4-6,10H2,1-3H3/t7-/m1/s1. The fraction of sp³-hybridized carbons (Fsp3) is 0.889. The molecule has 0 saturated carbocycles. The molecule has 0 spiro atoms. The van der Waals surface area contributed by atoms with Crippen LogP contribution < -0.4 is 5.73 Å². The van der Waals surface area contributed by atoms with Crippen molar-refractivity contribution in [2.24, 2.45) is 11.1 Å². The van der Waals surface area contributed by atoms with Crippen LogP contribution in [0.15, 0.2) is 0 Å². The van der Waals surface area contributed by atoms with E-state index in [1.54, 1.807) is 0 Å². The van der Waals surface area contributed by atoms with E-state index >= 15 is 0 Å². The van der Waals surface area contributed by atoms with E-state index in [0.717, 1.165) is 6.42 Å². The second kappa shape index (κ2) is 5.19. The van der Waals surface area contributed by atoms with Crippen LogP contribution in [-0.2, 0) is 9.53 Å². The number of carbonyl (C=O) groups is 1. The summed E-state index contributed by atoms with van der Waals surface area (Å²) in [7, 11) is 0. The summed E-state index contributed by atoms with van der Waals surface area (Å²) in [5.74, 6) is -0.535. The van der Waals surface area contributed by atoms with Crippen LogP contribution in [0.25, 0.3) is 0 Å². The molecule has 4 heteroatoms. The zero-order valence-electron chi connectivity index (χ0n) is 8.54. The van der Waals surface area contributed by atoms with Crippen molar-refractivity contribution in [1.82, 2.24) is 0 Å². The summed E-state index contributed by atoms with van der Waals surface area (Å²) >= 11 is 0. The van der Waals surface area contributed by atoms with Gasteiger partial charge >= 0.3 is 5.97 Å². The summed E-state index contributed by atoms with van der Waals surface area (Å²) in [4.78, 5) is 11.0. The average Bonchev–Trinajstić information content (AvgIpc) is 2.00. The zero-order chi connectivity index (χ0) is 10.5. The molecule has 0 bridgehead atoms. The van der Waals surface area contributed by atoms with Gasteiger partial charge in [0, 0.05) is 0 Å². The van der Waals surface area contributed by atoms with Crippen molar-refractivity contribution in [3.05, 3.63) is 0 Å². The van der Waals surface area contributed by atoms with E-state index in [1.165, 1.54) is 0 Å². The maximum atomic E-state index is 11.0. The lowest BCUT2D eigenvalue weighted by molar-refractivity contribution is -0.146. The molecule has 0 amide bonds. The summed E-state index contributed by atoms with van der Waals surface area (Å²) < 4.78 is 4.85. The Balaban J connectivity index is 3.60. The maximum absolute atomic E-state index is 11.0. The molecule has 13 heavy (non-hydrogen) atoms. The van der Waals surface area contributed by atoms with Gasteiger partial charge in [0.05, 0.1) is 13.2 Å². The molecule has 0 radical (unpaired) electrons. The normalized spacial score (nSPS) is 13.9. The van der Waals surface area contributed by atoms with Gasteiger partial charge in [-0.05, 0) is 11.8 Å². The number of aliphatic hydroxyl groups is 1. The van der Waals surface area contributed by atoms with Gasteiger partial charge in [0.15, 0.2) is 0 Å². The monoisotopic (exact) mass is 189 g/mol. The van der Waals surface area contributed by atoms with Gasteiger partial charge in [-0.1, -0.05) is 20.8 Å². The summed E-state index contributed by atoms with van der Waals surface area (Å²) in [6.45, 7) is 6.18.